The van der Waals surface area contributed by atoms with Crippen molar-refractivity contribution >= 4 is 23.8 Å². The van der Waals surface area contributed by atoms with Gasteiger partial charge in [0.2, 0.25) is 6.41 Å². The van der Waals surface area contributed by atoms with Crippen LogP contribution in [0.1, 0.15) is 16.1 Å². The van der Waals surface area contributed by atoms with Gasteiger partial charge in [-0.25, -0.2) is 9.97 Å². The van der Waals surface area contributed by atoms with Gasteiger partial charge >= 0.3 is 0 Å². The summed E-state index contributed by atoms with van der Waals surface area (Å²) < 4.78 is 0. The maximum Gasteiger partial charge on any atom is 0.274 e. The van der Waals surface area contributed by atoms with Crippen molar-refractivity contribution in [3.8, 4) is 6.07 Å². The first kappa shape index (κ1) is 16.4. The standard InChI is InChI=1S/C17H16N6O2/c18-9-13-3-1-2-4-14(13)21-16-11-19-15(10-20-16)17(25)23-7-5-22(12-24)6-8-23/h1-4,10-12H,5-8H2,(H,20,21). The van der Waals surface area contributed by atoms with Gasteiger partial charge in [0.25, 0.3) is 5.91 Å². The van der Waals surface area contributed by atoms with E-state index in [0.717, 1.165) is 6.41 Å². The van der Waals surface area contributed by atoms with Crippen LogP contribution in [0.5, 0.6) is 0 Å². The molecule has 2 aromatic rings. The maximum absolute atomic E-state index is 12.4. The number of benzene rings is 1. The van der Waals surface area contributed by atoms with E-state index < -0.39 is 0 Å². The van der Waals surface area contributed by atoms with Gasteiger partial charge in [-0.2, -0.15) is 5.26 Å². The van der Waals surface area contributed by atoms with Gasteiger partial charge in [-0.05, 0) is 12.1 Å². The number of rotatable bonds is 4. The molecule has 1 N–H and O–H groups in total. The minimum Gasteiger partial charge on any atom is -0.342 e. The fourth-order valence-electron chi connectivity index (χ4n) is 2.52. The van der Waals surface area contributed by atoms with Crippen molar-refractivity contribution in [2.45, 2.75) is 0 Å². The van der Waals surface area contributed by atoms with Crippen molar-refractivity contribution < 1.29 is 9.59 Å². The Morgan fingerprint density at radius 3 is 2.56 bits per heavy atom. The van der Waals surface area contributed by atoms with Crippen LogP contribution in [0, 0.1) is 11.3 Å². The molecule has 2 amide bonds. The van der Waals surface area contributed by atoms with Crippen LogP contribution in [0.15, 0.2) is 36.7 Å². The van der Waals surface area contributed by atoms with Crippen molar-refractivity contribution in [1.29, 1.82) is 5.26 Å². The summed E-state index contributed by atoms with van der Waals surface area (Å²) in [4.78, 5) is 34.8. The van der Waals surface area contributed by atoms with Gasteiger partial charge in [0.05, 0.1) is 23.6 Å². The highest BCUT2D eigenvalue weighted by Crippen LogP contribution is 2.18. The number of nitrogens with one attached hydrogen (secondary N) is 1. The lowest BCUT2D eigenvalue weighted by Gasteiger charge is -2.32. The van der Waals surface area contributed by atoms with E-state index in [-0.39, 0.29) is 11.6 Å². The highest BCUT2D eigenvalue weighted by atomic mass is 16.2. The molecule has 8 nitrogen and oxygen atoms in total. The van der Waals surface area contributed by atoms with E-state index in [1.807, 2.05) is 6.07 Å². The molecule has 1 aliphatic rings. The minimum atomic E-state index is -0.206. The molecule has 0 radical (unpaired) electrons. The van der Waals surface area contributed by atoms with E-state index in [0.29, 0.717) is 43.2 Å². The molecule has 0 saturated carbocycles. The predicted octanol–water partition coefficient (Wildman–Crippen LogP) is 1.01. The van der Waals surface area contributed by atoms with Crippen LogP contribution < -0.4 is 5.32 Å². The fraction of sp³-hybridized carbons (Fsp3) is 0.235. The lowest BCUT2D eigenvalue weighted by atomic mass is 10.2. The second-order valence-corrected chi connectivity index (χ2v) is 5.50. The van der Waals surface area contributed by atoms with Gasteiger partial charge in [-0.1, -0.05) is 12.1 Å². The maximum atomic E-state index is 12.4. The zero-order valence-electron chi connectivity index (χ0n) is 13.4. The number of carbonyl (C=O) groups is 2. The van der Waals surface area contributed by atoms with Crippen LogP contribution >= 0.6 is 0 Å². The number of piperazine rings is 1. The van der Waals surface area contributed by atoms with Crippen molar-refractivity contribution in [1.82, 2.24) is 19.8 Å². The van der Waals surface area contributed by atoms with Crippen LogP contribution in [-0.2, 0) is 4.79 Å². The molecule has 126 valence electrons. The first-order valence-corrected chi connectivity index (χ1v) is 7.78. The van der Waals surface area contributed by atoms with Gasteiger partial charge in [-0.15, -0.1) is 0 Å². The van der Waals surface area contributed by atoms with Gasteiger partial charge in [0, 0.05) is 26.2 Å². The Kier molecular flexibility index (Phi) is 4.85. The lowest BCUT2D eigenvalue weighted by molar-refractivity contribution is -0.119. The topological polar surface area (TPSA) is 102 Å². The Balaban J connectivity index is 1.67. The Hall–Kier alpha value is -3.47. The monoisotopic (exact) mass is 336 g/mol. The highest BCUT2D eigenvalue weighted by Gasteiger charge is 2.22. The number of aromatic nitrogens is 2. The Morgan fingerprint density at radius 2 is 1.92 bits per heavy atom. The zero-order valence-corrected chi connectivity index (χ0v) is 13.4. The molecule has 3 rings (SSSR count). The third-order valence-corrected chi connectivity index (χ3v) is 3.93. The van der Waals surface area contributed by atoms with Gasteiger partial charge < -0.3 is 15.1 Å². The summed E-state index contributed by atoms with van der Waals surface area (Å²) in [6.07, 6.45) is 3.66. The Morgan fingerprint density at radius 1 is 1.16 bits per heavy atom. The van der Waals surface area contributed by atoms with E-state index >= 15 is 0 Å². The third kappa shape index (κ3) is 3.72. The highest BCUT2D eigenvalue weighted by molar-refractivity contribution is 5.92. The molecule has 1 aliphatic heterocycles. The van der Waals surface area contributed by atoms with Crippen LogP contribution in [0.25, 0.3) is 0 Å². The van der Waals surface area contributed by atoms with E-state index in [4.69, 9.17) is 5.26 Å². The van der Waals surface area contributed by atoms with Gasteiger partial charge in [0.15, 0.2) is 0 Å². The van der Waals surface area contributed by atoms with Gasteiger partial charge in [0.1, 0.15) is 17.6 Å². The van der Waals surface area contributed by atoms with Crippen molar-refractivity contribution in [3.63, 3.8) is 0 Å². The summed E-state index contributed by atoms with van der Waals surface area (Å²) in [5, 5.41) is 12.1. The molecule has 0 unspecified atom stereocenters. The summed E-state index contributed by atoms with van der Waals surface area (Å²) in [5.74, 6) is 0.243. The number of amides is 2. The second kappa shape index (κ2) is 7.40. The fourth-order valence-corrected chi connectivity index (χ4v) is 2.52. The Bertz CT molecular complexity index is 807. The average molecular weight is 336 g/mol. The van der Waals surface area contributed by atoms with E-state index in [1.54, 1.807) is 28.0 Å². The number of carbonyl (C=O) groups excluding carboxylic acids is 2. The second-order valence-electron chi connectivity index (χ2n) is 5.50. The Labute approximate surface area is 144 Å². The quantitative estimate of drug-likeness (QED) is 0.836. The lowest BCUT2D eigenvalue weighted by Crippen LogP contribution is -2.48. The smallest absolute Gasteiger partial charge is 0.274 e. The first-order chi connectivity index (χ1) is 12.2. The molecule has 0 aliphatic carbocycles. The number of anilines is 2. The van der Waals surface area contributed by atoms with Crippen LogP contribution in [0.4, 0.5) is 11.5 Å². The largest absolute Gasteiger partial charge is 0.342 e. The average Bonchev–Trinajstić information content (AvgIpc) is 2.68. The van der Waals surface area contributed by atoms with Crippen LogP contribution in [0.3, 0.4) is 0 Å². The number of nitriles is 1. The molecule has 1 saturated heterocycles. The molecule has 2 heterocycles. The molecule has 1 fully saturated rings. The third-order valence-electron chi connectivity index (χ3n) is 3.93. The SMILES string of the molecule is N#Cc1ccccc1Nc1cnc(C(=O)N2CCN(C=O)CC2)cn1. The van der Waals surface area contributed by atoms with Crippen molar-refractivity contribution in [2.75, 3.05) is 31.5 Å². The number of para-hydroxylation sites is 1. The van der Waals surface area contributed by atoms with Crippen LogP contribution in [-0.4, -0.2) is 58.3 Å². The zero-order chi connectivity index (χ0) is 17.6. The normalized spacial score (nSPS) is 13.9. The first-order valence-electron chi connectivity index (χ1n) is 7.78. The molecule has 0 spiro atoms. The molecule has 8 heteroatoms. The van der Waals surface area contributed by atoms with Gasteiger partial charge in [-0.3, -0.25) is 9.59 Å². The minimum absolute atomic E-state index is 0.206. The molecular weight excluding hydrogens is 320 g/mol. The summed E-state index contributed by atoms with van der Waals surface area (Å²) in [7, 11) is 0. The van der Waals surface area contributed by atoms with Crippen molar-refractivity contribution in [2.24, 2.45) is 0 Å². The number of hydrogen-bond donors (Lipinski definition) is 1. The summed E-state index contributed by atoms with van der Waals surface area (Å²) >= 11 is 0. The molecule has 25 heavy (non-hydrogen) atoms. The number of hydrogen-bond acceptors (Lipinski definition) is 6. The summed E-state index contributed by atoms with van der Waals surface area (Å²) in [6.45, 7) is 2.00. The van der Waals surface area contributed by atoms with E-state index in [9.17, 15) is 9.59 Å². The molecule has 0 bridgehead atoms. The van der Waals surface area contributed by atoms with E-state index in [2.05, 4.69) is 21.4 Å². The predicted molar refractivity (Wildman–Crippen MR) is 90.0 cm³/mol. The summed E-state index contributed by atoms with van der Waals surface area (Å²) in [6, 6.07) is 9.16. The van der Waals surface area contributed by atoms with Crippen LogP contribution in [0.2, 0.25) is 0 Å². The molecule has 0 atom stereocenters. The molecule has 1 aromatic carbocycles. The number of nitrogens with zero attached hydrogens (tertiary/aromatic N) is 5. The summed E-state index contributed by atoms with van der Waals surface area (Å²) in [5.41, 5.74) is 1.37. The molecular formula is C17H16N6O2. The molecule has 1 aromatic heterocycles. The van der Waals surface area contributed by atoms with Crippen molar-refractivity contribution in [3.05, 3.63) is 47.9 Å². The van der Waals surface area contributed by atoms with E-state index in [1.165, 1.54) is 12.4 Å².